The Morgan fingerprint density at radius 2 is 1.78 bits per heavy atom. The summed E-state index contributed by atoms with van der Waals surface area (Å²) in [5, 5.41) is 0. The highest BCUT2D eigenvalue weighted by Crippen LogP contribution is 2.34. The van der Waals surface area contributed by atoms with Crippen LogP contribution >= 0.6 is 0 Å². The van der Waals surface area contributed by atoms with E-state index in [4.69, 9.17) is 5.73 Å². The van der Waals surface area contributed by atoms with Gasteiger partial charge in [-0.3, -0.25) is 0 Å². The molecule has 4 nitrogen and oxygen atoms in total. The van der Waals surface area contributed by atoms with E-state index in [0.29, 0.717) is 0 Å². The maximum Gasteiger partial charge on any atom is 0.417 e. The van der Waals surface area contributed by atoms with Crippen LogP contribution in [0.1, 0.15) is 37.7 Å². The van der Waals surface area contributed by atoms with E-state index < -0.39 is 32.7 Å². The predicted molar refractivity (Wildman–Crippen MR) is 81.2 cm³/mol. The molecule has 130 valence electrons. The van der Waals surface area contributed by atoms with Crippen LogP contribution in [0.3, 0.4) is 0 Å². The highest BCUT2D eigenvalue weighted by molar-refractivity contribution is 7.89. The number of nitrogens with two attached hydrogens (primary N) is 1. The van der Waals surface area contributed by atoms with Crippen LogP contribution in [0, 0.1) is 5.92 Å². The lowest BCUT2D eigenvalue weighted by molar-refractivity contribution is -0.139. The van der Waals surface area contributed by atoms with Crippen molar-refractivity contribution in [1.29, 1.82) is 0 Å². The average molecular weight is 350 g/mol. The van der Waals surface area contributed by atoms with E-state index in [-0.39, 0.29) is 12.5 Å². The molecule has 1 aliphatic rings. The van der Waals surface area contributed by atoms with Gasteiger partial charge in [0.1, 0.15) is 0 Å². The van der Waals surface area contributed by atoms with Crippen molar-refractivity contribution in [1.82, 2.24) is 4.72 Å². The molecule has 2 rings (SSSR count). The topological polar surface area (TPSA) is 72.2 Å². The van der Waals surface area contributed by atoms with Crippen molar-refractivity contribution >= 4 is 10.0 Å². The van der Waals surface area contributed by atoms with E-state index in [1.165, 1.54) is 12.1 Å². The number of hydrogen-bond donors (Lipinski definition) is 2. The molecule has 1 saturated carbocycles. The molecule has 3 N–H and O–H groups in total. The number of halogens is 3. The van der Waals surface area contributed by atoms with Crippen molar-refractivity contribution in [3.63, 3.8) is 0 Å². The van der Waals surface area contributed by atoms with Crippen molar-refractivity contribution in [2.24, 2.45) is 11.7 Å². The van der Waals surface area contributed by atoms with Crippen molar-refractivity contribution in [2.75, 3.05) is 6.54 Å². The summed E-state index contributed by atoms with van der Waals surface area (Å²) in [7, 11) is -4.28. The summed E-state index contributed by atoms with van der Waals surface area (Å²) in [5.74, 6) is 0.0709. The van der Waals surface area contributed by atoms with Gasteiger partial charge in [0.15, 0.2) is 0 Å². The number of rotatable bonds is 5. The predicted octanol–water partition coefficient (Wildman–Crippen LogP) is 2.89. The molecule has 1 fully saturated rings. The fraction of sp³-hybridized carbons (Fsp3) is 0.600. The fourth-order valence-electron chi connectivity index (χ4n) is 3.07. The highest BCUT2D eigenvalue weighted by atomic mass is 32.2. The molecule has 0 spiro atoms. The standard InChI is InChI=1S/C15H21F3N2O2S/c16-15(17,18)12-8-4-5-9-14(12)23(21,22)20-13(10-19)11-6-2-1-3-7-11/h4-5,8-9,11,13,20H,1-3,6-7,10,19H2. The highest BCUT2D eigenvalue weighted by Gasteiger charge is 2.38. The maximum atomic E-state index is 13.0. The molecular formula is C15H21F3N2O2S. The number of benzene rings is 1. The fourth-order valence-corrected chi connectivity index (χ4v) is 4.62. The van der Waals surface area contributed by atoms with Crippen LogP contribution in [0.2, 0.25) is 0 Å². The number of hydrogen-bond acceptors (Lipinski definition) is 3. The summed E-state index contributed by atoms with van der Waals surface area (Å²) in [6.07, 6.45) is 0.0204. The third kappa shape index (κ3) is 4.45. The first-order valence-corrected chi connectivity index (χ1v) is 9.12. The van der Waals surface area contributed by atoms with Crippen molar-refractivity contribution in [3.05, 3.63) is 29.8 Å². The Bertz CT molecular complexity index is 626. The van der Waals surface area contributed by atoms with Gasteiger partial charge < -0.3 is 5.73 Å². The molecule has 1 aromatic carbocycles. The lowest BCUT2D eigenvalue weighted by Gasteiger charge is -2.30. The van der Waals surface area contributed by atoms with Gasteiger partial charge in [-0.1, -0.05) is 31.4 Å². The average Bonchev–Trinajstić information content (AvgIpc) is 2.53. The SMILES string of the molecule is NCC(NS(=O)(=O)c1ccccc1C(F)(F)F)C1CCCCC1. The Balaban J connectivity index is 2.28. The van der Waals surface area contributed by atoms with E-state index in [1.54, 1.807) is 0 Å². The van der Waals surface area contributed by atoms with Crippen LogP contribution in [-0.4, -0.2) is 21.0 Å². The number of nitrogens with one attached hydrogen (secondary N) is 1. The first-order valence-electron chi connectivity index (χ1n) is 7.64. The summed E-state index contributed by atoms with van der Waals surface area (Å²) in [6, 6.07) is 3.65. The zero-order valence-corrected chi connectivity index (χ0v) is 13.5. The molecule has 0 heterocycles. The second-order valence-electron chi connectivity index (χ2n) is 5.86. The molecule has 0 aliphatic heterocycles. The van der Waals surface area contributed by atoms with Crippen molar-refractivity contribution in [2.45, 2.75) is 49.2 Å². The summed E-state index contributed by atoms with van der Waals surface area (Å²) < 4.78 is 66.4. The molecule has 0 saturated heterocycles. The van der Waals surface area contributed by atoms with Gasteiger partial charge in [-0.15, -0.1) is 0 Å². The molecule has 1 aliphatic carbocycles. The van der Waals surface area contributed by atoms with Gasteiger partial charge in [0, 0.05) is 12.6 Å². The van der Waals surface area contributed by atoms with Gasteiger partial charge in [-0.25, -0.2) is 13.1 Å². The van der Waals surface area contributed by atoms with Crippen LogP contribution in [-0.2, 0) is 16.2 Å². The van der Waals surface area contributed by atoms with Crippen LogP contribution in [0.15, 0.2) is 29.2 Å². The molecule has 0 amide bonds. The molecule has 0 radical (unpaired) electrons. The quantitative estimate of drug-likeness (QED) is 0.858. The Kier molecular flexibility index (Phi) is 5.70. The third-order valence-corrected chi connectivity index (χ3v) is 5.81. The monoisotopic (exact) mass is 350 g/mol. The van der Waals surface area contributed by atoms with E-state index >= 15 is 0 Å². The van der Waals surface area contributed by atoms with E-state index in [0.717, 1.165) is 44.2 Å². The second-order valence-corrected chi connectivity index (χ2v) is 7.54. The first kappa shape index (κ1) is 18.2. The first-order chi connectivity index (χ1) is 10.8. The van der Waals surface area contributed by atoms with Crippen LogP contribution in [0.25, 0.3) is 0 Å². The Morgan fingerprint density at radius 3 is 2.35 bits per heavy atom. The second kappa shape index (κ2) is 7.19. The normalized spacial score (nSPS) is 18.8. The van der Waals surface area contributed by atoms with Crippen LogP contribution in [0.5, 0.6) is 0 Å². The summed E-state index contributed by atoms with van der Waals surface area (Å²) in [6.45, 7) is 0.0675. The Labute approximate surface area is 134 Å². The van der Waals surface area contributed by atoms with Crippen molar-refractivity contribution in [3.8, 4) is 0 Å². The van der Waals surface area contributed by atoms with Gasteiger partial charge in [0.2, 0.25) is 10.0 Å². The van der Waals surface area contributed by atoms with Gasteiger partial charge >= 0.3 is 6.18 Å². The minimum atomic E-state index is -4.73. The van der Waals surface area contributed by atoms with E-state index in [1.807, 2.05) is 0 Å². The summed E-state index contributed by atoms with van der Waals surface area (Å²) >= 11 is 0. The van der Waals surface area contributed by atoms with Gasteiger partial charge in [-0.2, -0.15) is 13.2 Å². The van der Waals surface area contributed by atoms with E-state index in [2.05, 4.69) is 4.72 Å². The smallest absolute Gasteiger partial charge is 0.329 e. The molecule has 0 bridgehead atoms. The zero-order valence-electron chi connectivity index (χ0n) is 12.6. The minimum absolute atomic E-state index is 0.0675. The van der Waals surface area contributed by atoms with Crippen molar-refractivity contribution < 1.29 is 21.6 Å². The van der Waals surface area contributed by atoms with Gasteiger partial charge in [0.25, 0.3) is 0 Å². The number of alkyl halides is 3. The minimum Gasteiger partial charge on any atom is -0.329 e. The lowest BCUT2D eigenvalue weighted by atomic mass is 9.84. The molecular weight excluding hydrogens is 329 g/mol. The molecule has 0 aromatic heterocycles. The Morgan fingerprint density at radius 1 is 1.17 bits per heavy atom. The van der Waals surface area contributed by atoms with Crippen LogP contribution < -0.4 is 10.5 Å². The molecule has 8 heteroatoms. The lowest BCUT2D eigenvalue weighted by Crippen LogP contribution is -2.46. The molecule has 1 aromatic rings. The van der Waals surface area contributed by atoms with Gasteiger partial charge in [-0.05, 0) is 30.9 Å². The van der Waals surface area contributed by atoms with E-state index in [9.17, 15) is 21.6 Å². The van der Waals surface area contributed by atoms with Gasteiger partial charge in [0.05, 0.1) is 10.5 Å². The maximum absolute atomic E-state index is 13.0. The third-order valence-electron chi connectivity index (χ3n) is 4.26. The zero-order chi connectivity index (χ0) is 17.1. The summed E-state index contributed by atoms with van der Waals surface area (Å²) in [4.78, 5) is -0.748. The van der Waals surface area contributed by atoms with Crippen LogP contribution in [0.4, 0.5) is 13.2 Å². The molecule has 1 atom stereocenters. The summed E-state index contributed by atoms with van der Waals surface area (Å²) in [5.41, 5.74) is 4.50. The molecule has 23 heavy (non-hydrogen) atoms. The largest absolute Gasteiger partial charge is 0.417 e. The molecule has 1 unspecified atom stereocenters. The number of sulfonamides is 1. The Hall–Kier alpha value is -1.12.